The summed E-state index contributed by atoms with van der Waals surface area (Å²) in [6.07, 6.45) is 1.69. The number of nitrogens with one attached hydrogen (secondary N) is 1. The van der Waals surface area contributed by atoms with Crippen LogP contribution in [0.4, 0.5) is 11.5 Å². The van der Waals surface area contributed by atoms with E-state index in [-0.39, 0.29) is 5.69 Å². The van der Waals surface area contributed by atoms with E-state index in [9.17, 15) is 4.79 Å². The number of hydrogen-bond acceptors (Lipinski definition) is 6. The molecule has 122 valence electrons. The molecule has 6 heteroatoms. The number of esters is 1. The van der Waals surface area contributed by atoms with Crippen molar-refractivity contribution >= 4 is 28.4 Å². The van der Waals surface area contributed by atoms with Crippen molar-refractivity contribution in [3.8, 4) is 5.75 Å². The van der Waals surface area contributed by atoms with Gasteiger partial charge in [0.15, 0.2) is 11.5 Å². The van der Waals surface area contributed by atoms with Gasteiger partial charge in [-0.2, -0.15) is 0 Å². The number of carbonyl (C=O) groups is 1. The number of aromatic nitrogens is 2. The van der Waals surface area contributed by atoms with Crippen molar-refractivity contribution in [2.45, 2.75) is 6.92 Å². The molecule has 0 saturated heterocycles. The Morgan fingerprint density at radius 1 is 1.21 bits per heavy atom. The Balaban J connectivity index is 2.02. The molecule has 2 aromatic heterocycles. The van der Waals surface area contributed by atoms with Gasteiger partial charge >= 0.3 is 5.97 Å². The van der Waals surface area contributed by atoms with Gasteiger partial charge in [0.2, 0.25) is 0 Å². The number of nitrogens with zero attached hydrogens (tertiary/aromatic N) is 2. The Morgan fingerprint density at radius 3 is 2.71 bits per heavy atom. The summed E-state index contributed by atoms with van der Waals surface area (Å²) in [5.41, 5.74) is 1.74. The lowest BCUT2D eigenvalue weighted by molar-refractivity contribution is 0.0520. The van der Waals surface area contributed by atoms with Crippen molar-refractivity contribution in [3.63, 3.8) is 0 Å². The Labute approximate surface area is 139 Å². The number of carbonyl (C=O) groups excluding carboxylic acids is 1. The predicted molar refractivity (Wildman–Crippen MR) is 91.8 cm³/mol. The molecule has 6 nitrogen and oxygen atoms in total. The number of pyridine rings is 2. The van der Waals surface area contributed by atoms with Gasteiger partial charge in [0, 0.05) is 17.3 Å². The van der Waals surface area contributed by atoms with Crippen molar-refractivity contribution in [2.75, 3.05) is 19.0 Å². The molecule has 0 aliphatic rings. The van der Waals surface area contributed by atoms with Crippen molar-refractivity contribution in [3.05, 3.63) is 54.4 Å². The molecule has 0 fully saturated rings. The monoisotopic (exact) mass is 323 g/mol. The van der Waals surface area contributed by atoms with Gasteiger partial charge in [0.05, 0.1) is 13.7 Å². The molecule has 0 saturated carbocycles. The highest BCUT2D eigenvalue weighted by atomic mass is 16.5. The van der Waals surface area contributed by atoms with E-state index in [1.54, 1.807) is 26.3 Å². The number of benzene rings is 1. The van der Waals surface area contributed by atoms with Gasteiger partial charge < -0.3 is 14.8 Å². The zero-order valence-electron chi connectivity index (χ0n) is 13.4. The molecule has 0 aliphatic carbocycles. The van der Waals surface area contributed by atoms with Crippen LogP contribution in [0.5, 0.6) is 5.75 Å². The van der Waals surface area contributed by atoms with Gasteiger partial charge in [0.1, 0.15) is 11.3 Å². The Morgan fingerprint density at radius 2 is 2.00 bits per heavy atom. The van der Waals surface area contributed by atoms with Gasteiger partial charge in [-0.05, 0) is 43.3 Å². The maximum atomic E-state index is 12.0. The van der Waals surface area contributed by atoms with Crippen LogP contribution in [0.15, 0.2) is 48.7 Å². The van der Waals surface area contributed by atoms with E-state index in [2.05, 4.69) is 15.3 Å². The molecule has 3 aromatic rings. The highest BCUT2D eigenvalue weighted by molar-refractivity contribution is 5.97. The van der Waals surface area contributed by atoms with Crippen LogP contribution in [-0.4, -0.2) is 29.7 Å². The molecule has 0 amide bonds. The molecule has 0 spiro atoms. The van der Waals surface area contributed by atoms with Crippen LogP contribution < -0.4 is 10.1 Å². The second kappa shape index (κ2) is 6.95. The Hall–Kier alpha value is -3.15. The zero-order chi connectivity index (χ0) is 16.9. The third-order valence-corrected chi connectivity index (χ3v) is 3.43. The predicted octanol–water partition coefficient (Wildman–Crippen LogP) is 3.56. The lowest BCUT2D eigenvalue weighted by Crippen LogP contribution is -2.09. The number of ether oxygens (including phenoxy) is 2. The van der Waals surface area contributed by atoms with Gasteiger partial charge in [-0.25, -0.2) is 9.78 Å². The summed E-state index contributed by atoms with van der Waals surface area (Å²) in [6, 6.07) is 12.8. The molecule has 3 rings (SSSR count). The topological polar surface area (TPSA) is 73.3 Å². The molecular formula is C18H17N3O3. The molecule has 0 radical (unpaired) electrons. The third-order valence-electron chi connectivity index (χ3n) is 3.43. The molecule has 24 heavy (non-hydrogen) atoms. The molecule has 0 atom stereocenters. The summed E-state index contributed by atoms with van der Waals surface area (Å²) in [6.45, 7) is 2.06. The van der Waals surface area contributed by atoms with Crippen molar-refractivity contribution in [1.29, 1.82) is 0 Å². The van der Waals surface area contributed by atoms with E-state index in [0.717, 1.165) is 16.8 Å². The van der Waals surface area contributed by atoms with Crippen LogP contribution in [0.1, 0.15) is 17.4 Å². The summed E-state index contributed by atoms with van der Waals surface area (Å²) in [7, 11) is 1.62. The van der Waals surface area contributed by atoms with Gasteiger partial charge in [0.25, 0.3) is 0 Å². The third kappa shape index (κ3) is 3.27. The summed E-state index contributed by atoms with van der Waals surface area (Å²) >= 11 is 0. The largest absolute Gasteiger partial charge is 0.497 e. The number of fused-ring (bicyclic) bond motifs is 1. The fourth-order valence-corrected chi connectivity index (χ4v) is 2.29. The van der Waals surface area contributed by atoms with Crippen LogP contribution >= 0.6 is 0 Å². The number of anilines is 2. The number of hydrogen-bond donors (Lipinski definition) is 1. The van der Waals surface area contributed by atoms with Gasteiger partial charge in [-0.3, -0.25) is 4.98 Å². The zero-order valence-corrected chi connectivity index (χ0v) is 13.4. The quantitative estimate of drug-likeness (QED) is 0.724. The summed E-state index contributed by atoms with van der Waals surface area (Å²) in [5.74, 6) is 0.805. The minimum atomic E-state index is -0.457. The van der Waals surface area contributed by atoms with E-state index in [0.29, 0.717) is 17.9 Å². The first-order chi connectivity index (χ1) is 11.7. The number of methoxy groups -OCH3 is 1. The average molecular weight is 323 g/mol. The lowest BCUT2D eigenvalue weighted by atomic mass is 10.2. The molecule has 0 aliphatic heterocycles. The fraction of sp³-hybridized carbons (Fsp3) is 0.167. The molecule has 0 bridgehead atoms. The maximum Gasteiger partial charge on any atom is 0.357 e. The van der Waals surface area contributed by atoms with E-state index in [4.69, 9.17) is 9.47 Å². The second-order valence-electron chi connectivity index (χ2n) is 5.01. The minimum Gasteiger partial charge on any atom is -0.497 e. The van der Waals surface area contributed by atoms with E-state index >= 15 is 0 Å². The Kier molecular flexibility index (Phi) is 4.56. The van der Waals surface area contributed by atoms with Crippen LogP contribution in [0.3, 0.4) is 0 Å². The summed E-state index contributed by atoms with van der Waals surface area (Å²) < 4.78 is 10.2. The Bertz CT molecular complexity index is 863. The van der Waals surface area contributed by atoms with Crippen LogP contribution in [0.25, 0.3) is 10.9 Å². The summed E-state index contributed by atoms with van der Waals surface area (Å²) in [4.78, 5) is 20.8. The van der Waals surface area contributed by atoms with E-state index in [1.165, 1.54) is 0 Å². The van der Waals surface area contributed by atoms with Crippen molar-refractivity contribution in [1.82, 2.24) is 9.97 Å². The van der Waals surface area contributed by atoms with Crippen LogP contribution in [0.2, 0.25) is 0 Å². The number of rotatable bonds is 5. The minimum absolute atomic E-state index is 0.244. The molecular weight excluding hydrogens is 306 g/mol. The van der Waals surface area contributed by atoms with E-state index < -0.39 is 5.97 Å². The average Bonchev–Trinajstić information content (AvgIpc) is 2.62. The highest BCUT2D eigenvalue weighted by Gasteiger charge is 2.14. The first-order valence-electron chi connectivity index (χ1n) is 7.55. The first-order valence-corrected chi connectivity index (χ1v) is 7.55. The molecule has 2 heterocycles. The van der Waals surface area contributed by atoms with Crippen LogP contribution in [-0.2, 0) is 4.74 Å². The highest BCUT2D eigenvalue weighted by Crippen LogP contribution is 2.25. The molecule has 1 aromatic carbocycles. The SMILES string of the molecule is CCOC(=O)c1cc2cccnc2c(Nc2ccc(OC)cc2)n1. The van der Waals surface area contributed by atoms with E-state index in [1.807, 2.05) is 36.4 Å². The normalized spacial score (nSPS) is 10.4. The molecule has 0 unspecified atom stereocenters. The summed E-state index contributed by atoms with van der Waals surface area (Å²) in [5, 5.41) is 4.01. The standard InChI is InChI=1S/C18H17N3O3/c1-3-24-18(22)15-11-12-5-4-10-19-16(12)17(21-15)20-13-6-8-14(23-2)9-7-13/h4-11H,3H2,1-2H3,(H,20,21). The van der Waals surface area contributed by atoms with Gasteiger partial charge in [-0.15, -0.1) is 0 Å². The second-order valence-corrected chi connectivity index (χ2v) is 5.01. The van der Waals surface area contributed by atoms with Gasteiger partial charge in [-0.1, -0.05) is 6.07 Å². The van der Waals surface area contributed by atoms with Crippen molar-refractivity contribution in [2.24, 2.45) is 0 Å². The molecule has 1 N–H and O–H groups in total. The maximum absolute atomic E-state index is 12.0. The van der Waals surface area contributed by atoms with Crippen LogP contribution in [0, 0.1) is 0 Å². The fourth-order valence-electron chi connectivity index (χ4n) is 2.29. The smallest absolute Gasteiger partial charge is 0.357 e. The van der Waals surface area contributed by atoms with Crippen molar-refractivity contribution < 1.29 is 14.3 Å². The first kappa shape index (κ1) is 15.7. The lowest BCUT2D eigenvalue weighted by Gasteiger charge is -2.11.